The molecule has 0 amide bonds. The monoisotopic (exact) mass is 515 g/mol. The van der Waals surface area contributed by atoms with Crippen LogP contribution in [0.4, 0.5) is 11.8 Å². The van der Waals surface area contributed by atoms with Crippen molar-refractivity contribution in [3.63, 3.8) is 0 Å². The molecule has 11 heteroatoms. The van der Waals surface area contributed by atoms with Gasteiger partial charge in [-0.3, -0.25) is 4.90 Å². The molecule has 0 atom stereocenters. The Bertz CT molecular complexity index is 1250. The Morgan fingerprint density at radius 2 is 1.74 bits per heavy atom. The van der Waals surface area contributed by atoms with Crippen molar-refractivity contribution < 1.29 is 8.42 Å². The lowest BCUT2D eigenvalue weighted by molar-refractivity contribution is 0.287. The molecule has 2 N–H and O–H groups in total. The lowest BCUT2D eigenvalue weighted by Crippen LogP contribution is -2.39. The number of rotatable bonds is 7. The third-order valence-electron chi connectivity index (χ3n) is 6.86. The van der Waals surface area contributed by atoms with Crippen LogP contribution in [-0.2, 0) is 16.4 Å². The molecular formula is C24H30ClN7O2S. The van der Waals surface area contributed by atoms with Gasteiger partial charge < -0.3 is 10.6 Å². The second kappa shape index (κ2) is 10.6. The third kappa shape index (κ3) is 6.36. The first kappa shape index (κ1) is 24.1. The van der Waals surface area contributed by atoms with E-state index in [2.05, 4.69) is 35.5 Å². The summed E-state index contributed by atoms with van der Waals surface area (Å²) in [5.74, 6) is 2.52. The molecule has 0 aromatic carbocycles. The Balaban J connectivity index is 1.05. The number of hydrogen-bond acceptors (Lipinski definition) is 9. The highest BCUT2D eigenvalue weighted by molar-refractivity contribution is 7.91. The predicted octanol–water partition coefficient (Wildman–Crippen LogP) is 3.39. The van der Waals surface area contributed by atoms with Crippen LogP contribution in [0.15, 0.2) is 36.8 Å². The van der Waals surface area contributed by atoms with Crippen LogP contribution in [0.1, 0.15) is 31.2 Å². The molecule has 0 bridgehead atoms. The Hall–Kier alpha value is -2.56. The first-order chi connectivity index (χ1) is 16.9. The van der Waals surface area contributed by atoms with Gasteiger partial charge in [-0.15, -0.1) is 0 Å². The maximum absolute atomic E-state index is 11.6. The Labute approximate surface area is 210 Å². The molecule has 3 aromatic heterocycles. The molecule has 0 spiro atoms. The Morgan fingerprint density at radius 3 is 2.49 bits per heavy atom. The van der Waals surface area contributed by atoms with Crippen LogP contribution >= 0.6 is 11.6 Å². The average Bonchev–Trinajstić information content (AvgIpc) is 2.86. The number of pyridine rings is 2. The second-order valence-corrected chi connectivity index (χ2v) is 12.1. The molecule has 0 unspecified atom stereocenters. The minimum absolute atomic E-state index is 0.232. The average molecular weight is 516 g/mol. The summed E-state index contributed by atoms with van der Waals surface area (Å²) in [6.45, 7) is 2.68. The van der Waals surface area contributed by atoms with Gasteiger partial charge in [0.25, 0.3) is 0 Å². The van der Waals surface area contributed by atoms with Crippen LogP contribution in [0.2, 0.25) is 5.15 Å². The fraction of sp³-hybridized carbons (Fsp3) is 0.500. The first-order valence-electron chi connectivity index (χ1n) is 12.1. The van der Waals surface area contributed by atoms with Crippen LogP contribution < -0.4 is 10.6 Å². The highest BCUT2D eigenvalue weighted by Crippen LogP contribution is 2.28. The zero-order valence-corrected chi connectivity index (χ0v) is 21.1. The predicted molar refractivity (Wildman–Crippen MR) is 138 cm³/mol. The van der Waals surface area contributed by atoms with E-state index in [1.807, 2.05) is 30.6 Å². The molecule has 1 aliphatic heterocycles. The molecule has 186 valence electrons. The molecule has 0 radical (unpaired) electrons. The topological polar surface area (TPSA) is 113 Å². The van der Waals surface area contributed by atoms with Crippen LogP contribution in [0.25, 0.3) is 10.9 Å². The number of sulfone groups is 1. The van der Waals surface area contributed by atoms with E-state index >= 15 is 0 Å². The van der Waals surface area contributed by atoms with E-state index in [0.29, 0.717) is 42.7 Å². The number of nitrogens with zero attached hydrogens (tertiary/aromatic N) is 5. The van der Waals surface area contributed by atoms with Crippen LogP contribution in [0.5, 0.6) is 0 Å². The van der Waals surface area contributed by atoms with Gasteiger partial charge in [-0.1, -0.05) is 11.6 Å². The van der Waals surface area contributed by atoms with Gasteiger partial charge in [0.15, 0.2) is 15.0 Å². The van der Waals surface area contributed by atoms with Gasteiger partial charge in [0.2, 0.25) is 5.95 Å². The van der Waals surface area contributed by atoms with Crippen molar-refractivity contribution in [2.75, 3.05) is 41.8 Å². The van der Waals surface area contributed by atoms with Crippen molar-refractivity contribution in [2.24, 2.45) is 5.92 Å². The van der Waals surface area contributed by atoms with E-state index in [-0.39, 0.29) is 11.5 Å². The van der Waals surface area contributed by atoms with E-state index in [9.17, 15) is 8.42 Å². The van der Waals surface area contributed by atoms with Crippen molar-refractivity contribution in [3.05, 3.63) is 47.5 Å². The van der Waals surface area contributed by atoms with Gasteiger partial charge in [0.1, 0.15) is 11.3 Å². The van der Waals surface area contributed by atoms with E-state index in [1.54, 1.807) is 6.20 Å². The highest BCUT2D eigenvalue weighted by Gasteiger charge is 2.23. The summed E-state index contributed by atoms with van der Waals surface area (Å²) in [4.78, 5) is 19.8. The molecule has 5 rings (SSSR count). The van der Waals surface area contributed by atoms with Crippen molar-refractivity contribution in [1.29, 1.82) is 0 Å². The summed E-state index contributed by atoms with van der Waals surface area (Å²) in [5, 5.41) is 8.35. The molecule has 35 heavy (non-hydrogen) atoms. The van der Waals surface area contributed by atoms with Crippen LogP contribution in [-0.4, -0.2) is 70.4 Å². The number of aromatic nitrogens is 4. The van der Waals surface area contributed by atoms with Crippen LogP contribution in [0.3, 0.4) is 0 Å². The second-order valence-electron chi connectivity index (χ2n) is 9.46. The van der Waals surface area contributed by atoms with Gasteiger partial charge in [-0.2, -0.15) is 0 Å². The van der Waals surface area contributed by atoms with Crippen molar-refractivity contribution in [2.45, 2.75) is 38.3 Å². The number of anilines is 2. The summed E-state index contributed by atoms with van der Waals surface area (Å²) >= 11 is 6.20. The minimum Gasteiger partial charge on any atom is -0.367 e. The molecule has 2 aliphatic rings. The lowest BCUT2D eigenvalue weighted by atomic mass is 9.86. The minimum atomic E-state index is -2.86. The standard InChI is InChI=1S/C24H30ClN7O2S/c25-23-22-19(7-8-26-23)3-6-21(31-22)30-20-4-1-17(2-5-20)13-27-24-28-14-18(15-29-24)16-32-9-11-35(33,34)12-10-32/h3,6-8,14-15,17,20H,1-2,4-5,9-13,16H2,(H,30,31)(H,27,28,29). The largest absolute Gasteiger partial charge is 0.367 e. The normalized spacial score (nSPS) is 22.7. The fourth-order valence-corrected chi connectivity index (χ4v) is 6.23. The van der Waals surface area contributed by atoms with Gasteiger partial charge in [0, 0.05) is 61.8 Å². The first-order valence-corrected chi connectivity index (χ1v) is 14.3. The van der Waals surface area contributed by atoms with E-state index < -0.39 is 9.84 Å². The molecule has 9 nitrogen and oxygen atoms in total. The van der Waals surface area contributed by atoms with Gasteiger partial charge in [-0.05, 0) is 49.8 Å². The zero-order valence-electron chi connectivity index (χ0n) is 19.5. The van der Waals surface area contributed by atoms with E-state index in [0.717, 1.165) is 54.5 Å². The molecule has 1 aliphatic carbocycles. The Kier molecular flexibility index (Phi) is 7.31. The maximum atomic E-state index is 11.6. The number of halogens is 1. The summed E-state index contributed by atoms with van der Waals surface area (Å²) in [6.07, 6.45) is 9.76. The van der Waals surface area contributed by atoms with Gasteiger partial charge in [-0.25, -0.2) is 28.4 Å². The van der Waals surface area contributed by atoms with Gasteiger partial charge >= 0.3 is 0 Å². The fourth-order valence-electron chi connectivity index (χ4n) is 4.74. The summed E-state index contributed by atoms with van der Waals surface area (Å²) in [5.41, 5.74) is 1.73. The molecule has 1 saturated heterocycles. The molecule has 3 aromatic rings. The zero-order chi connectivity index (χ0) is 24.3. The van der Waals surface area contributed by atoms with E-state index in [1.165, 1.54) is 0 Å². The molecule has 4 heterocycles. The summed E-state index contributed by atoms with van der Waals surface area (Å²) < 4.78 is 23.2. The van der Waals surface area contributed by atoms with E-state index in [4.69, 9.17) is 11.6 Å². The molecular weight excluding hydrogens is 486 g/mol. The SMILES string of the molecule is O=S1(=O)CCN(Cc2cnc(NCC3CCC(Nc4ccc5ccnc(Cl)c5n4)CC3)nc2)CC1. The molecule has 1 saturated carbocycles. The van der Waals surface area contributed by atoms with Gasteiger partial charge in [0.05, 0.1) is 11.5 Å². The van der Waals surface area contributed by atoms with Crippen molar-refractivity contribution in [3.8, 4) is 0 Å². The maximum Gasteiger partial charge on any atom is 0.222 e. The van der Waals surface area contributed by atoms with Crippen molar-refractivity contribution >= 4 is 44.1 Å². The third-order valence-corrected chi connectivity index (χ3v) is 8.75. The lowest BCUT2D eigenvalue weighted by Gasteiger charge is -2.29. The summed E-state index contributed by atoms with van der Waals surface area (Å²) in [6, 6.07) is 6.33. The number of fused-ring (bicyclic) bond motifs is 1. The smallest absolute Gasteiger partial charge is 0.222 e. The number of nitrogens with one attached hydrogen (secondary N) is 2. The quantitative estimate of drug-likeness (QED) is 0.457. The van der Waals surface area contributed by atoms with Crippen molar-refractivity contribution in [1.82, 2.24) is 24.8 Å². The highest BCUT2D eigenvalue weighted by atomic mass is 35.5. The summed E-state index contributed by atoms with van der Waals surface area (Å²) in [7, 11) is -2.86. The van der Waals surface area contributed by atoms with Crippen LogP contribution in [0, 0.1) is 5.92 Å². The number of hydrogen-bond donors (Lipinski definition) is 2. The Morgan fingerprint density at radius 1 is 1.00 bits per heavy atom. The molecule has 2 fully saturated rings.